The van der Waals surface area contributed by atoms with E-state index in [4.69, 9.17) is 5.11 Å². The summed E-state index contributed by atoms with van der Waals surface area (Å²) in [4.78, 5) is 10.1. The van der Waals surface area contributed by atoms with Gasteiger partial charge < -0.3 is 10.4 Å². The standard InChI is InChI=1S/C8H13F2NO2/c9-8(10,7(12)13)4-6-2-1-3-11-5-6/h6,11H,1-5H2,(H,12,13). The molecule has 1 aliphatic rings. The number of nitrogens with one attached hydrogen (secondary N) is 1. The van der Waals surface area contributed by atoms with Crippen molar-refractivity contribution < 1.29 is 18.7 Å². The number of hydrogen-bond acceptors (Lipinski definition) is 2. The fourth-order valence-electron chi connectivity index (χ4n) is 1.55. The molecule has 0 spiro atoms. The molecule has 0 aliphatic carbocycles. The molecule has 1 rings (SSSR count). The molecule has 1 fully saturated rings. The lowest BCUT2D eigenvalue weighted by atomic mass is 9.93. The Morgan fingerprint density at radius 1 is 1.62 bits per heavy atom. The van der Waals surface area contributed by atoms with Crippen LogP contribution in [0, 0.1) is 5.92 Å². The fourth-order valence-corrected chi connectivity index (χ4v) is 1.55. The predicted octanol–water partition coefficient (Wildman–Crippen LogP) is 1.10. The first-order chi connectivity index (χ1) is 6.02. The number of carboxylic acid groups (broad SMARTS) is 1. The molecule has 0 aromatic rings. The van der Waals surface area contributed by atoms with Crippen LogP contribution in [0.4, 0.5) is 8.78 Å². The maximum atomic E-state index is 12.7. The summed E-state index contributed by atoms with van der Waals surface area (Å²) in [5.74, 6) is -5.79. The Balaban J connectivity index is 2.41. The van der Waals surface area contributed by atoms with E-state index in [1.54, 1.807) is 0 Å². The van der Waals surface area contributed by atoms with Crippen molar-refractivity contribution in [3.8, 4) is 0 Å². The highest BCUT2D eigenvalue weighted by Crippen LogP contribution is 2.27. The molecule has 3 nitrogen and oxygen atoms in total. The number of hydrogen-bond donors (Lipinski definition) is 2. The Labute approximate surface area is 75.1 Å². The van der Waals surface area contributed by atoms with Gasteiger partial charge in [0.25, 0.3) is 0 Å². The first-order valence-corrected chi connectivity index (χ1v) is 4.34. The van der Waals surface area contributed by atoms with Crippen molar-refractivity contribution in [1.82, 2.24) is 5.32 Å². The van der Waals surface area contributed by atoms with Gasteiger partial charge in [-0.05, 0) is 31.8 Å². The average molecular weight is 193 g/mol. The Kier molecular flexibility index (Phi) is 3.19. The van der Waals surface area contributed by atoms with E-state index in [1.807, 2.05) is 0 Å². The third kappa shape index (κ3) is 2.91. The summed E-state index contributed by atoms with van der Waals surface area (Å²) in [6.45, 7) is 1.35. The lowest BCUT2D eigenvalue weighted by Crippen LogP contribution is -2.37. The van der Waals surface area contributed by atoms with Crippen LogP contribution in [0.3, 0.4) is 0 Å². The normalized spacial score (nSPS) is 24.3. The summed E-state index contributed by atoms with van der Waals surface area (Å²) in [5, 5.41) is 11.2. The monoisotopic (exact) mass is 193 g/mol. The van der Waals surface area contributed by atoms with Crippen molar-refractivity contribution in [1.29, 1.82) is 0 Å². The topological polar surface area (TPSA) is 49.3 Å². The van der Waals surface area contributed by atoms with Crippen LogP contribution in [0.2, 0.25) is 0 Å². The van der Waals surface area contributed by atoms with Crippen LogP contribution >= 0.6 is 0 Å². The minimum Gasteiger partial charge on any atom is -0.477 e. The van der Waals surface area contributed by atoms with Crippen LogP contribution in [-0.2, 0) is 4.79 Å². The van der Waals surface area contributed by atoms with E-state index in [1.165, 1.54) is 0 Å². The molecule has 0 amide bonds. The molecular formula is C8H13F2NO2. The minimum atomic E-state index is -3.57. The van der Waals surface area contributed by atoms with Crippen LogP contribution in [-0.4, -0.2) is 30.1 Å². The second-order valence-electron chi connectivity index (χ2n) is 3.43. The van der Waals surface area contributed by atoms with E-state index >= 15 is 0 Å². The summed E-state index contributed by atoms with van der Waals surface area (Å²) in [6.07, 6.45) is 0.992. The Bertz CT molecular complexity index is 191. The lowest BCUT2D eigenvalue weighted by molar-refractivity contribution is -0.167. The zero-order valence-corrected chi connectivity index (χ0v) is 7.22. The maximum Gasteiger partial charge on any atom is 0.374 e. The van der Waals surface area contributed by atoms with Gasteiger partial charge in [0.05, 0.1) is 0 Å². The third-order valence-corrected chi connectivity index (χ3v) is 2.26. The second-order valence-corrected chi connectivity index (χ2v) is 3.43. The zero-order valence-electron chi connectivity index (χ0n) is 7.22. The molecule has 1 aliphatic heterocycles. The Hall–Kier alpha value is -0.710. The summed E-state index contributed by atoms with van der Waals surface area (Å²) in [5.41, 5.74) is 0. The number of halogens is 2. The van der Waals surface area contributed by atoms with E-state index in [0.29, 0.717) is 13.0 Å². The quantitative estimate of drug-likeness (QED) is 0.705. The van der Waals surface area contributed by atoms with Crippen LogP contribution in [0.15, 0.2) is 0 Å². The van der Waals surface area contributed by atoms with E-state index < -0.39 is 18.3 Å². The molecule has 0 aromatic heterocycles. The zero-order chi connectivity index (χ0) is 9.90. The van der Waals surface area contributed by atoms with Gasteiger partial charge in [-0.25, -0.2) is 4.79 Å². The summed E-state index contributed by atoms with van der Waals surface area (Å²) in [7, 11) is 0. The Morgan fingerprint density at radius 2 is 2.31 bits per heavy atom. The molecule has 1 atom stereocenters. The number of carbonyl (C=O) groups is 1. The van der Waals surface area contributed by atoms with E-state index in [0.717, 1.165) is 13.0 Å². The largest absolute Gasteiger partial charge is 0.477 e. The van der Waals surface area contributed by atoms with Crippen molar-refractivity contribution in [2.45, 2.75) is 25.2 Å². The van der Waals surface area contributed by atoms with Crippen LogP contribution in [0.25, 0.3) is 0 Å². The summed E-state index contributed by atoms with van der Waals surface area (Å²) < 4.78 is 25.4. The molecule has 13 heavy (non-hydrogen) atoms. The maximum absolute atomic E-state index is 12.7. The van der Waals surface area contributed by atoms with Crippen molar-refractivity contribution >= 4 is 5.97 Å². The number of aliphatic carboxylic acids is 1. The van der Waals surface area contributed by atoms with Crippen LogP contribution in [0.5, 0.6) is 0 Å². The molecule has 76 valence electrons. The third-order valence-electron chi connectivity index (χ3n) is 2.26. The summed E-state index contributed by atoms with van der Waals surface area (Å²) in [6, 6.07) is 0. The van der Waals surface area contributed by atoms with Crippen molar-refractivity contribution in [3.63, 3.8) is 0 Å². The molecule has 0 radical (unpaired) electrons. The molecule has 0 bridgehead atoms. The van der Waals surface area contributed by atoms with Gasteiger partial charge in [0, 0.05) is 6.42 Å². The molecule has 1 heterocycles. The Morgan fingerprint density at radius 3 is 2.77 bits per heavy atom. The van der Waals surface area contributed by atoms with E-state index in [9.17, 15) is 13.6 Å². The highest BCUT2D eigenvalue weighted by Gasteiger charge is 2.41. The molecule has 1 saturated heterocycles. The highest BCUT2D eigenvalue weighted by molar-refractivity contribution is 5.75. The molecule has 0 aromatic carbocycles. The van der Waals surface area contributed by atoms with Gasteiger partial charge in [-0.3, -0.25) is 0 Å². The second kappa shape index (κ2) is 4.00. The molecule has 2 N–H and O–H groups in total. The SMILES string of the molecule is O=C(O)C(F)(F)CC1CCCNC1. The lowest BCUT2D eigenvalue weighted by Gasteiger charge is -2.24. The van der Waals surface area contributed by atoms with E-state index in [2.05, 4.69) is 5.32 Å². The number of piperidine rings is 1. The molecule has 1 unspecified atom stereocenters. The van der Waals surface area contributed by atoms with Crippen LogP contribution < -0.4 is 5.32 Å². The van der Waals surface area contributed by atoms with Crippen LogP contribution in [0.1, 0.15) is 19.3 Å². The van der Waals surface area contributed by atoms with E-state index in [-0.39, 0.29) is 5.92 Å². The fraction of sp³-hybridized carbons (Fsp3) is 0.875. The number of rotatable bonds is 3. The highest BCUT2D eigenvalue weighted by atomic mass is 19.3. The molecule has 5 heteroatoms. The predicted molar refractivity (Wildman–Crippen MR) is 42.8 cm³/mol. The molecule has 0 saturated carbocycles. The van der Waals surface area contributed by atoms with Crippen molar-refractivity contribution in [2.24, 2.45) is 5.92 Å². The minimum absolute atomic E-state index is 0.208. The first-order valence-electron chi connectivity index (χ1n) is 4.34. The number of alkyl halides is 2. The smallest absolute Gasteiger partial charge is 0.374 e. The van der Waals surface area contributed by atoms with Gasteiger partial charge in [-0.15, -0.1) is 0 Å². The van der Waals surface area contributed by atoms with Gasteiger partial charge in [-0.2, -0.15) is 8.78 Å². The van der Waals surface area contributed by atoms with Gasteiger partial charge in [0.15, 0.2) is 0 Å². The van der Waals surface area contributed by atoms with Gasteiger partial charge in [-0.1, -0.05) is 0 Å². The van der Waals surface area contributed by atoms with Gasteiger partial charge in [0.1, 0.15) is 0 Å². The van der Waals surface area contributed by atoms with Gasteiger partial charge >= 0.3 is 11.9 Å². The number of carboxylic acids is 1. The van der Waals surface area contributed by atoms with Crippen molar-refractivity contribution in [2.75, 3.05) is 13.1 Å². The van der Waals surface area contributed by atoms with Gasteiger partial charge in [0.2, 0.25) is 0 Å². The summed E-state index contributed by atoms with van der Waals surface area (Å²) >= 11 is 0. The average Bonchev–Trinajstić information content (AvgIpc) is 2.05. The first kappa shape index (κ1) is 10.4. The molecular weight excluding hydrogens is 180 g/mol. The van der Waals surface area contributed by atoms with Crippen molar-refractivity contribution in [3.05, 3.63) is 0 Å².